The highest BCUT2D eigenvalue weighted by Gasteiger charge is 2.44. The number of rotatable bonds is 4. The second kappa shape index (κ2) is 9.57. The highest BCUT2D eigenvalue weighted by atomic mass is 35.5. The van der Waals surface area contributed by atoms with Gasteiger partial charge in [-0.3, -0.25) is 4.79 Å². The number of sulfonamides is 1. The first-order chi connectivity index (χ1) is 17.4. The fraction of sp³-hybridized carbons (Fsp3) is 0.480. The number of phenols is 1. The van der Waals surface area contributed by atoms with E-state index in [0.717, 1.165) is 18.9 Å². The molecule has 1 amide bonds. The molecule has 0 spiro atoms. The number of aromatic hydroxyl groups is 1. The van der Waals surface area contributed by atoms with E-state index in [1.54, 1.807) is 18.7 Å². The average Bonchev–Trinajstić information content (AvgIpc) is 3.08. The van der Waals surface area contributed by atoms with Gasteiger partial charge in [-0.1, -0.05) is 23.2 Å². The van der Waals surface area contributed by atoms with Crippen LogP contribution in [-0.4, -0.2) is 79.1 Å². The fourth-order valence-electron chi connectivity index (χ4n) is 5.62. The summed E-state index contributed by atoms with van der Waals surface area (Å²) in [5.74, 6) is -1.01. The smallest absolute Gasteiger partial charge is 0.255 e. The van der Waals surface area contributed by atoms with Crippen molar-refractivity contribution in [3.05, 3.63) is 51.8 Å². The van der Waals surface area contributed by atoms with Crippen LogP contribution in [0.25, 0.3) is 0 Å². The molecule has 3 heterocycles. The molecule has 2 unspecified atom stereocenters. The molecule has 0 aromatic heterocycles. The maximum Gasteiger partial charge on any atom is 0.255 e. The van der Waals surface area contributed by atoms with Gasteiger partial charge in [-0.25, -0.2) is 12.8 Å². The first-order valence-electron chi connectivity index (χ1n) is 12.1. The normalized spacial score (nSPS) is 23.9. The van der Waals surface area contributed by atoms with Crippen LogP contribution in [0.3, 0.4) is 0 Å². The molecule has 0 radical (unpaired) electrons. The Labute approximate surface area is 225 Å². The Kier molecular flexibility index (Phi) is 6.85. The molecule has 2 aromatic carbocycles. The topological polar surface area (TPSA) is 90.4 Å². The van der Waals surface area contributed by atoms with Gasteiger partial charge in [0.2, 0.25) is 10.0 Å². The van der Waals surface area contributed by atoms with Crippen molar-refractivity contribution in [2.45, 2.75) is 49.2 Å². The first kappa shape index (κ1) is 26.5. The summed E-state index contributed by atoms with van der Waals surface area (Å²) >= 11 is 12.5. The lowest BCUT2D eigenvalue weighted by Crippen LogP contribution is -2.56. The Bertz CT molecular complexity index is 1340. The number of fused-ring (bicyclic) bond motifs is 2. The van der Waals surface area contributed by atoms with E-state index in [1.807, 2.05) is 4.90 Å². The molecule has 3 aliphatic rings. The Morgan fingerprint density at radius 2 is 1.78 bits per heavy atom. The third kappa shape index (κ3) is 4.67. The number of piperazine rings is 1. The van der Waals surface area contributed by atoms with Crippen LogP contribution < -0.4 is 4.90 Å². The highest BCUT2D eigenvalue weighted by molar-refractivity contribution is 7.89. The van der Waals surface area contributed by atoms with Crippen molar-refractivity contribution in [3.63, 3.8) is 0 Å². The van der Waals surface area contributed by atoms with E-state index < -0.39 is 21.4 Å². The molecule has 12 heteroatoms. The quantitative estimate of drug-likeness (QED) is 0.593. The number of ether oxygens (including phenoxy) is 1. The van der Waals surface area contributed by atoms with Gasteiger partial charge in [0.05, 0.1) is 44.9 Å². The number of hydrogen-bond donors (Lipinski definition) is 1. The van der Waals surface area contributed by atoms with Crippen molar-refractivity contribution in [1.29, 1.82) is 0 Å². The first-order valence-corrected chi connectivity index (χ1v) is 14.3. The van der Waals surface area contributed by atoms with Gasteiger partial charge < -0.3 is 19.6 Å². The lowest BCUT2D eigenvalue weighted by molar-refractivity contribution is -0.00770. The number of phenolic OH excluding ortho intramolecular Hbond substituents is 1. The van der Waals surface area contributed by atoms with Gasteiger partial charge >= 0.3 is 0 Å². The zero-order valence-electron chi connectivity index (χ0n) is 20.5. The summed E-state index contributed by atoms with van der Waals surface area (Å²) < 4.78 is 47.7. The summed E-state index contributed by atoms with van der Waals surface area (Å²) in [7, 11) is -3.93. The number of likely N-dealkylation sites (tertiary alicyclic amines) is 1. The molecular formula is C25H28Cl2FN3O5S. The van der Waals surface area contributed by atoms with Crippen molar-refractivity contribution >= 4 is 44.8 Å². The van der Waals surface area contributed by atoms with E-state index in [0.29, 0.717) is 25.4 Å². The van der Waals surface area contributed by atoms with E-state index in [4.69, 9.17) is 27.9 Å². The van der Waals surface area contributed by atoms with Gasteiger partial charge in [0.25, 0.3) is 5.91 Å². The number of benzene rings is 2. The second-order valence-corrected chi connectivity index (χ2v) is 13.0. The summed E-state index contributed by atoms with van der Waals surface area (Å²) in [6, 6.07) is 6.11. The molecule has 5 rings (SSSR count). The van der Waals surface area contributed by atoms with Gasteiger partial charge in [-0.05, 0) is 57.0 Å². The van der Waals surface area contributed by atoms with Crippen LogP contribution in [0.2, 0.25) is 10.0 Å². The van der Waals surface area contributed by atoms with E-state index in [-0.39, 0.29) is 57.4 Å². The van der Waals surface area contributed by atoms with Crippen molar-refractivity contribution in [1.82, 2.24) is 9.21 Å². The van der Waals surface area contributed by atoms with Crippen LogP contribution in [0.15, 0.2) is 35.2 Å². The predicted octanol–water partition coefficient (Wildman–Crippen LogP) is 4.13. The van der Waals surface area contributed by atoms with Crippen molar-refractivity contribution in [2.24, 2.45) is 0 Å². The Morgan fingerprint density at radius 1 is 1.11 bits per heavy atom. The predicted molar refractivity (Wildman–Crippen MR) is 139 cm³/mol. The molecule has 200 valence electrons. The average molecular weight is 572 g/mol. The lowest BCUT2D eigenvalue weighted by Gasteiger charge is -2.43. The molecule has 2 atom stereocenters. The minimum atomic E-state index is -3.93. The lowest BCUT2D eigenvalue weighted by atomic mass is 10.1. The number of nitrogens with zero attached hydrogens (tertiary/aromatic N) is 3. The molecular weight excluding hydrogens is 544 g/mol. The van der Waals surface area contributed by atoms with Crippen LogP contribution in [0.5, 0.6) is 5.75 Å². The van der Waals surface area contributed by atoms with Crippen LogP contribution in [-0.2, 0) is 14.8 Å². The monoisotopic (exact) mass is 571 g/mol. The van der Waals surface area contributed by atoms with Gasteiger partial charge in [0.1, 0.15) is 5.82 Å². The van der Waals surface area contributed by atoms with E-state index >= 15 is 0 Å². The Morgan fingerprint density at radius 3 is 2.41 bits per heavy atom. The van der Waals surface area contributed by atoms with Crippen LogP contribution in [0.4, 0.5) is 10.1 Å². The molecule has 2 bridgehead atoms. The molecule has 3 aliphatic heterocycles. The number of carbonyl (C=O) groups is 1. The maximum absolute atomic E-state index is 13.7. The third-order valence-electron chi connectivity index (χ3n) is 7.38. The molecule has 8 nitrogen and oxygen atoms in total. The molecule has 2 aromatic rings. The minimum Gasteiger partial charge on any atom is -0.504 e. The maximum atomic E-state index is 13.7. The van der Waals surface area contributed by atoms with Gasteiger partial charge in [-0.2, -0.15) is 4.31 Å². The fourth-order valence-corrected chi connectivity index (χ4v) is 7.95. The van der Waals surface area contributed by atoms with E-state index in [2.05, 4.69) is 0 Å². The number of anilines is 1. The highest BCUT2D eigenvalue weighted by Crippen LogP contribution is 2.45. The van der Waals surface area contributed by atoms with Gasteiger partial charge in [0.15, 0.2) is 5.75 Å². The zero-order valence-corrected chi connectivity index (χ0v) is 22.8. The molecule has 0 aliphatic carbocycles. The standard InChI is InChI=1S/C25H28Cl2FN3O5S/c1-25(2)14-36-8-7-30(25)37(34,35)18-10-21(27)23(32)22(11-18)31-16-4-5-17(31)13-29(12-16)24(33)19-6-3-15(28)9-20(19)26/h3,6,9-11,16-17,32H,4-5,7-8,12-14H2,1-2H3. The number of halogens is 3. The van der Waals surface area contributed by atoms with Gasteiger partial charge in [0, 0.05) is 31.7 Å². The van der Waals surface area contributed by atoms with E-state index in [1.165, 1.54) is 28.6 Å². The molecule has 37 heavy (non-hydrogen) atoms. The largest absolute Gasteiger partial charge is 0.504 e. The number of carbonyl (C=O) groups excluding carboxylic acids is 1. The third-order valence-corrected chi connectivity index (χ3v) is 10.1. The van der Waals surface area contributed by atoms with E-state index in [9.17, 15) is 22.7 Å². The number of hydrogen-bond acceptors (Lipinski definition) is 6. The minimum absolute atomic E-state index is 0.00345. The zero-order chi connectivity index (χ0) is 26.7. The second-order valence-electron chi connectivity index (χ2n) is 10.3. The summed E-state index contributed by atoms with van der Waals surface area (Å²) in [5, 5.41) is 10.9. The molecule has 0 saturated carbocycles. The summed E-state index contributed by atoms with van der Waals surface area (Å²) in [6.45, 7) is 5.05. The Balaban J connectivity index is 1.45. The van der Waals surface area contributed by atoms with Crippen LogP contribution in [0.1, 0.15) is 37.0 Å². The number of morpholine rings is 1. The summed E-state index contributed by atoms with van der Waals surface area (Å²) in [4.78, 5) is 16.8. The Hall–Kier alpha value is -2.11. The SMILES string of the molecule is CC1(C)COCCN1S(=O)(=O)c1cc(Cl)c(O)c(N2C3CCC2CN(C(=O)c2ccc(F)cc2Cl)C3)c1. The summed E-state index contributed by atoms with van der Waals surface area (Å²) in [6.07, 6.45) is 1.49. The van der Waals surface area contributed by atoms with Gasteiger partial charge in [-0.15, -0.1) is 0 Å². The van der Waals surface area contributed by atoms with Crippen molar-refractivity contribution < 1.29 is 27.4 Å². The molecule has 3 fully saturated rings. The van der Waals surface area contributed by atoms with Crippen molar-refractivity contribution in [3.8, 4) is 5.75 Å². The summed E-state index contributed by atoms with van der Waals surface area (Å²) in [5.41, 5.74) is -0.187. The van der Waals surface area contributed by atoms with Crippen LogP contribution >= 0.6 is 23.2 Å². The van der Waals surface area contributed by atoms with Crippen LogP contribution in [0, 0.1) is 5.82 Å². The number of amides is 1. The van der Waals surface area contributed by atoms with Crippen molar-refractivity contribution in [2.75, 3.05) is 37.7 Å². The molecule has 3 saturated heterocycles. The molecule has 1 N–H and O–H groups in total.